The van der Waals surface area contributed by atoms with Gasteiger partial charge in [0.1, 0.15) is 10.8 Å². The number of aromatic nitrogens is 1. The van der Waals surface area contributed by atoms with Gasteiger partial charge in [0.15, 0.2) is 0 Å². The highest BCUT2D eigenvalue weighted by Crippen LogP contribution is 2.29. The summed E-state index contributed by atoms with van der Waals surface area (Å²) in [4.78, 5) is 5.52. The lowest BCUT2D eigenvalue weighted by Crippen LogP contribution is -2.01. The maximum atomic E-state index is 13.5. The lowest BCUT2D eigenvalue weighted by atomic mass is 10.2. The summed E-state index contributed by atoms with van der Waals surface area (Å²) >= 11 is 1.52. The average molecular weight is 236 g/mol. The summed E-state index contributed by atoms with van der Waals surface area (Å²) in [5.41, 5.74) is 7.03. The minimum Gasteiger partial charge on any atom is -0.330 e. The number of rotatable bonds is 3. The molecule has 0 saturated carbocycles. The van der Waals surface area contributed by atoms with Crippen molar-refractivity contribution in [1.29, 1.82) is 0 Å². The zero-order valence-corrected chi connectivity index (χ0v) is 9.85. The zero-order chi connectivity index (χ0) is 11.5. The molecule has 0 spiro atoms. The van der Waals surface area contributed by atoms with E-state index in [4.69, 9.17) is 5.73 Å². The van der Waals surface area contributed by atoms with E-state index in [0.29, 0.717) is 12.1 Å². The third-order valence-corrected chi connectivity index (χ3v) is 3.62. The van der Waals surface area contributed by atoms with Crippen LogP contribution in [0.3, 0.4) is 0 Å². The van der Waals surface area contributed by atoms with E-state index in [2.05, 4.69) is 4.98 Å². The van der Waals surface area contributed by atoms with E-state index in [1.165, 1.54) is 17.4 Å². The van der Waals surface area contributed by atoms with E-state index in [1.54, 1.807) is 12.1 Å². The second-order valence-electron chi connectivity index (χ2n) is 3.55. The van der Waals surface area contributed by atoms with Crippen molar-refractivity contribution in [3.63, 3.8) is 0 Å². The zero-order valence-electron chi connectivity index (χ0n) is 9.03. The molecule has 1 aromatic heterocycles. The van der Waals surface area contributed by atoms with Crippen LogP contribution in [-0.2, 0) is 6.42 Å². The summed E-state index contributed by atoms with van der Waals surface area (Å²) < 4.78 is 13.5. The first-order valence-electron chi connectivity index (χ1n) is 5.13. The van der Waals surface area contributed by atoms with Crippen molar-refractivity contribution in [2.45, 2.75) is 13.3 Å². The summed E-state index contributed by atoms with van der Waals surface area (Å²) in [6.45, 7) is 2.53. The van der Waals surface area contributed by atoms with Crippen molar-refractivity contribution in [3.8, 4) is 10.6 Å². The summed E-state index contributed by atoms with van der Waals surface area (Å²) in [6.07, 6.45) is 0.804. The molecule has 1 heterocycles. The van der Waals surface area contributed by atoms with E-state index in [-0.39, 0.29) is 5.82 Å². The van der Waals surface area contributed by atoms with Crippen LogP contribution in [0.2, 0.25) is 0 Å². The highest BCUT2D eigenvalue weighted by Gasteiger charge is 2.11. The molecular weight excluding hydrogens is 223 g/mol. The standard InChI is InChI=1S/C12H13FN2S/c1-8-11(6-7-14)16-12(15-8)9-4-2-3-5-10(9)13/h2-5H,6-7,14H2,1H3. The molecule has 16 heavy (non-hydrogen) atoms. The fourth-order valence-corrected chi connectivity index (χ4v) is 2.65. The average Bonchev–Trinajstić information content (AvgIpc) is 2.61. The van der Waals surface area contributed by atoms with Crippen LogP contribution in [0, 0.1) is 12.7 Å². The van der Waals surface area contributed by atoms with Crippen molar-refractivity contribution in [2.75, 3.05) is 6.54 Å². The number of benzene rings is 1. The molecule has 0 aliphatic heterocycles. The molecule has 2 nitrogen and oxygen atoms in total. The van der Waals surface area contributed by atoms with Gasteiger partial charge in [-0.15, -0.1) is 11.3 Å². The van der Waals surface area contributed by atoms with E-state index < -0.39 is 0 Å². The van der Waals surface area contributed by atoms with Crippen molar-refractivity contribution in [3.05, 3.63) is 40.7 Å². The highest BCUT2D eigenvalue weighted by molar-refractivity contribution is 7.15. The molecule has 0 fully saturated rings. The fourth-order valence-electron chi connectivity index (χ4n) is 1.54. The SMILES string of the molecule is Cc1nc(-c2ccccc2F)sc1CCN. The monoisotopic (exact) mass is 236 g/mol. The molecular formula is C12H13FN2S. The Kier molecular flexibility index (Phi) is 3.31. The predicted octanol–water partition coefficient (Wildman–Crippen LogP) is 2.76. The molecule has 0 radical (unpaired) electrons. The molecule has 1 aromatic carbocycles. The number of aryl methyl sites for hydroxylation is 1. The van der Waals surface area contributed by atoms with Crippen molar-refractivity contribution in [1.82, 2.24) is 4.98 Å². The van der Waals surface area contributed by atoms with Gasteiger partial charge in [-0.25, -0.2) is 9.37 Å². The Morgan fingerprint density at radius 2 is 2.12 bits per heavy atom. The van der Waals surface area contributed by atoms with Crippen LogP contribution in [0.15, 0.2) is 24.3 Å². The van der Waals surface area contributed by atoms with Gasteiger partial charge < -0.3 is 5.73 Å². The van der Waals surface area contributed by atoms with Gasteiger partial charge in [-0.3, -0.25) is 0 Å². The van der Waals surface area contributed by atoms with Gasteiger partial charge in [-0.05, 0) is 32.0 Å². The van der Waals surface area contributed by atoms with Crippen LogP contribution in [-0.4, -0.2) is 11.5 Å². The summed E-state index contributed by atoms with van der Waals surface area (Å²) in [7, 11) is 0. The smallest absolute Gasteiger partial charge is 0.133 e. The number of hydrogen-bond donors (Lipinski definition) is 1. The maximum Gasteiger partial charge on any atom is 0.133 e. The number of thiazole rings is 1. The molecule has 0 saturated heterocycles. The van der Waals surface area contributed by atoms with Crippen molar-refractivity contribution in [2.24, 2.45) is 5.73 Å². The first-order valence-corrected chi connectivity index (χ1v) is 5.95. The second-order valence-corrected chi connectivity index (χ2v) is 4.63. The molecule has 84 valence electrons. The van der Waals surface area contributed by atoms with Gasteiger partial charge >= 0.3 is 0 Å². The lowest BCUT2D eigenvalue weighted by molar-refractivity contribution is 0.631. The van der Waals surface area contributed by atoms with Gasteiger partial charge in [0.2, 0.25) is 0 Å². The summed E-state index contributed by atoms with van der Waals surface area (Å²) in [6, 6.07) is 6.70. The Hall–Kier alpha value is -1.26. The van der Waals surface area contributed by atoms with E-state index in [0.717, 1.165) is 22.0 Å². The third kappa shape index (κ3) is 2.13. The Morgan fingerprint density at radius 3 is 2.81 bits per heavy atom. The van der Waals surface area contributed by atoms with Crippen LogP contribution in [0.4, 0.5) is 4.39 Å². The van der Waals surface area contributed by atoms with Gasteiger partial charge in [-0.1, -0.05) is 12.1 Å². The molecule has 0 atom stereocenters. The van der Waals surface area contributed by atoms with Crippen molar-refractivity contribution >= 4 is 11.3 Å². The first kappa shape index (κ1) is 11.2. The summed E-state index contributed by atoms with van der Waals surface area (Å²) in [5, 5.41) is 0.735. The molecule has 4 heteroatoms. The van der Waals surface area contributed by atoms with Gasteiger partial charge in [0.05, 0.1) is 5.69 Å². The summed E-state index contributed by atoms with van der Waals surface area (Å²) in [5.74, 6) is -0.226. The molecule has 0 bridgehead atoms. The quantitative estimate of drug-likeness (QED) is 0.890. The lowest BCUT2D eigenvalue weighted by Gasteiger charge is -1.96. The molecule has 0 aliphatic rings. The Balaban J connectivity index is 2.42. The molecule has 2 N–H and O–H groups in total. The van der Waals surface area contributed by atoms with Crippen LogP contribution in [0.25, 0.3) is 10.6 Å². The minimum atomic E-state index is -0.226. The number of hydrogen-bond acceptors (Lipinski definition) is 3. The van der Waals surface area contributed by atoms with Crippen molar-refractivity contribution < 1.29 is 4.39 Å². The third-order valence-electron chi connectivity index (χ3n) is 2.37. The molecule has 0 unspecified atom stereocenters. The van der Waals surface area contributed by atoms with Crippen LogP contribution in [0.1, 0.15) is 10.6 Å². The molecule has 2 aromatic rings. The van der Waals surface area contributed by atoms with Crippen LogP contribution >= 0.6 is 11.3 Å². The van der Waals surface area contributed by atoms with E-state index in [9.17, 15) is 4.39 Å². The van der Waals surface area contributed by atoms with Gasteiger partial charge in [0, 0.05) is 10.4 Å². The number of nitrogens with two attached hydrogens (primary N) is 1. The molecule has 2 rings (SSSR count). The fraction of sp³-hybridized carbons (Fsp3) is 0.250. The second kappa shape index (κ2) is 4.72. The Bertz CT molecular complexity index is 494. The number of halogens is 1. The van der Waals surface area contributed by atoms with Crippen LogP contribution < -0.4 is 5.73 Å². The van der Waals surface area contributed by atoms with E-state index in [1.807, 2.05) is 13.0 Å². The minimum absolute atomic E-state index is 0.226. The first-order chi connectivity index (χ1) is 7.72. The van der Waals surface area contributed by atoms with Gasteiger partial charge in [0.25, 0.3) is 0 Å². The predicted molar refractivity (Wildman–Crippen MR) is 65.0 cm³/mol. The normalized spacial score (nSPS) is 10.7. The maximum absolute atomic E-state index is 13.5. The molecule has 0 amide bonds. The number of nitrogens with zero attached hydrogens (tertiary/aromatic N) is 1. The topological polar surface area (TPSA) is 38.9 Å². The van der Waals surface area contributed by atoms with E-state index >= 15 is 0 Å². The Morgan fingerprint density at radius 1 is 1.38 bits per heavy atom. The van der Waals surface area contributed by atoms with Gasteiger partial charge in [-0.2, -0.15) is 0 Å². The Labute approximate surface area is 97.9 Å². The highest BCUT2D eigenvalue weighted by atomic mass is 32.1. The largest absolute Gasteiger partial charge is 0.330 e. The molecule has 0 aliphatic carbocycles. The van der Waals surface area contributed by atoms with Crippen LogP contribution in [0.5, 0.6) is 0 Å².